The molecule has 0 rings (SSSR count). The van der Waals surface area contributed by atoms with Gasteiger partial charge in [-0.05, 0) is 44.9 Å². The summed E-state index contributed by atoms with van der Waals surface area (Å²) in [4.78, 5) is 52.6. The first-order valence-electron chi connectivity index (χ1n) is 21.4. The fraction of sp³-hybridized carbons (Fsp3) is 0.762. The van der Waals surface area contributed by atoms with Crippen LogP contribution < -0.4 is 0 Å². The number of phosphoric ester groups is 2. The molecule has 14 nitrogen and oxygen atoms in total. The highest BCUT2D eigenvalue weighted by Crippen LogP contribution is 2.43. The Balaban J connectivity index is 4.73. The minimum Gasteiger partial charge on any atom is -0.462 e. The van der Waals surface area contributed by atoms with Gasteiger partial charge in [-0.25, -0.2) is 9.13 Å². The maximum Gasteiger partial charge on any atom is 0.472 e. The lowest BCUT2D eigenvalue weighted by molar-refractivity contribution is -0.161. The second kappa shape index (κ2) is 38.0. The molecule has 0 aromatic carbocycles. The molecule has 0 aliphatic rings. The third-order valence-electron chi connectivity index (χ3n) is 8.81. The molecule has 5 N–H and O–H groups in total. The number of rotatable bonds is 40. The van der Waals surface area contributed by atoms with E-state index in [9.17, 15) is 33.8 Å². The molecule has 0 heterocycles. The normalized spacial score (nSPS) is 15.1. The lowest BCUT2D eigenvalue weighted by atomic mass is 10.0. The van der Waals surface area contributed by atoms with E-state index in [-0.39, 0.29) is 25.7 Å². The summed E-state index contributed by atoms with van der Waals surface area (Å²) in [6.07, 6.45) is 34.2. The Bertz CT molecular complexity index is 1230. The Kier molecular flexibility index (Phi) is 36.7. The van der Waals surface area contributed by atoms with Crippen molar-refractivity contribution in [2.45, 2.75) is 180 Å². The van der Waals surface area contributed by atoms with Gasteiger partial charge in [0.25, 0.3) is 0 Å². The summed E-state index contributed by atoms with van der Waals surface area (Å²) in [6.45, 7) is 1.51. The Hall–Kier alpha value is -1.96. The minimum absolute atomic E-state index is 0.0962. The van der Waals surface area contributed by atoms with Crippen molar-refractivity contribution in [2.75, 3.05) is 26.4 Å². The number of ether oxygens (including phenoxy) is 2. The number of phosphoric acid groups is 2. The average Bonchev–Trinajstić information content (AvgIpc) is 3.17. The van der Waals surface area contributed by atoms with Gasteiger partial charge in [0.1, 0.15) is 12.7 Å². The maximum atomic E-state index is 12.7. The summed E-state index contributed by atoms with van der Waals surface area (Å²) >= 11 is 0. The van der Waals surface area contributed by atoms with E-state index < -0.39 is 72.3 Å². The van der Waals surface area contributed by atoms with E-state index in [1.165, 1.54) is 77.0 Å². The third kappa shape index (κ3) is 40.8. The molecule has 0 bridgehead atoms. The molecule has 0 amide bonds. The van der Waals surface area contributed by atoms with Crippen molar-refractivity contribution in [1.82, 2.24) is 0 Å². The zero-order valence-corrected chi connectivity index (χ0v) is 37.0. The van der Waals surface area contributed by atoms with Crippen molar-refractivity contribution in [1.29, 1.82) is 0 Å². The molecule has 338 valence electrons. The van der Waals surface area contributed by atoms with Crippen molar-refractivity contribution >= 4 is 27.6 Å². The van der Waals surface area contributed by atoms with Crippen LogP contribution in [0.3, 0.4) is 0 Å². The number of hydrogen-bond donors (Lipinski definition) is 5. The van der Waals surface area contributed by atoms with E-state index in [2.05, 4.69) is 47.2 Å². The number of unbranched alkanes of at least 4 members (excludes halogenated alkanes) is 15. The van der Waals surface area contributed by atoms with Crippen molar-refractivity contribution in [3.05, 3.63) is 48.6 Å². The van der Waals surface area contributed by atoms with Crippen LogP contribution in [0.4, 0.5) is 0 Å². The Morgan fingerprint density at radius 2 is 1.09 bits per heavy atom. The van der Waals surface area contributed by atoms with Gasteiger partial charge >= 0.3 is 27.6 Å². The van der Waals surface area contributed by atoms with E-state index in [1.54, 1.807) is 12.2 Å². The minimum atomic E-state index is -4.88. The number of carbonyl (C=O) groups is 2. The lowest BCUT2D eigenvalue weighted by Gasteiger charge is -2.20. The Morgan fingerprint density at radius 1 is 0.569 bits per heavy atom. The zero-order valence-electron chi connectivity index (χ0n) is 35.2. The third-order valence-corrected chi connectivity index (χ3v) is 10.3. The molecular formula is C42H76O14P2. The van der Waals surface area contributed by atoms with Gasteiger partial charge in [0, 0.05) is 12.8 Å². The van der Waals surface area contributed by atoms with Crippen molar-refractivity contribution in [3.8, 4) is 0 Å². The van der Waals surface area contributed by atoms with Crippen LogP contribution in [-0.2, 0) is 41.8 Å². The van der Waals surface area contributed by atoms with Crippen LogP contribution >= 0.6 is 15.6 Å². The summed E-state index contributed by atoms with van der Waals surface area (Å²) in [5.74, 6) is -1.23. The van der Waals surface area contributed by atoms with Crippen molar-refractivity contribution in [3.63, 3.8) is 0 Å². The summed E-state index contributed by atoms with van der Waals surface area (Å²) in [5, 5.41) is 20.0. The highest BCUT2D eigenvalue weighted by molar-refractivity contribution is 7.47. The molecule has 0 aliphatic carbocycles. The van der Waals surface area contributed by atoms with Crippen molar-refractivity contribution < 1.29 is 66.7 Å². The highest BCUT2D eigenvalue weighted by atomic mass is 31.2. The molecule has 1 unspecified atom stereocenters. The summed E-state index contributed by atoms with van der Waals surface area (Å²) in [7, 11) is -9.74. The molecule has 0 aliphatic heterocycles. The molecule has 58 heavy (non-hydrogen) atoms. The zero-order chi connectivity index (χ0) is 43.2. The maximum absolute atomic E-state index is 12.7. The largest absolute Gasteiger partial charge is 0.472 e. The molecule has 0 aromatic rings. The Labute approximate surface area is 348 Å². The van der Waals surface area contributed by atoms with Gasteiger partial charge in [0.05, 0.1) is 25.9 Å². The molecule has 0 fully saturated rings. The van der Waals surface area contributed by atoms with Gasteiger partial charge in [-0.3, -0.25) is 23.2 Å². The molecule has 16 heteroatoms. The van der Waals surface area contributed by atoms with Gasteiger partial charge in [0.2, 0.25) is 0 Å². The second-order valence-corrected chi connectivity index (χ2v) is 17.2. The summed E-state index contributed by atoms with van der Waals surface area (Å²) in [5.41, 5.74) is 0. The van der Waals surface area contributed by atoms with Gasteiger partial charge in [-0.2, -0.15) is 0 Å². The fourth-order valence-corrected chi connectivity index (χ4v) is 6.67. The van der Waals surface area contributed by atoms with Gasteiger partial charge in [-0.15, -0.1) is 0 Å². The summed E-state index contributed by atoms with van der Waals surface area (Å²) < 4.78 is 47.6. The number of esters is 2. The highest BCUT2D eigenvalue weighted by Gasteiger charge is 2.28. The number of allylic oxidation sites excluding steroid dienone is 7. The predicted molar refractivity (Wildman–Crippen MR) is 227 cm³/mol. The molecule has 0 radical (unpaired) electrons. The molecular weight excluding hydrogens is 790 g/mol. The monoisotopic (exact) mass is 866 g/mol. The van der Waals surface area contributed by atoms with Crippen molar-refractivity contribution in [2.24, 2.45) is 0 Å². The first kappa shape index (κ1) is 56.0. The molecule has 0 spiro atoms. The van der Waals surface area contributed by atoms with Crippen LogP contribution in [0.15, 0.2) is 48.6 Å². The van der Waals surface area contributed by atoms with Gasteiger partial charge < -0.3 is 34.4 Å². The SMILES string of the molecule is CCCCC/C=C\C/C=C\C/C=C\C=C\[C@H](O)CCCC(=O)O[C@H](COC(=O)CCCCCCCCCCCCCCC)COP(=O)(O)OC[C@@H](O)COP(=O)(O)O. The van der Waals surface area contributed by atoms with E-state index in [0.29, 0.717) is 6.42 Å². The van der Waals surface area contributed by atoms with Crippen LogP contribution in [0, 0.1) is 0 Å². The number of aliphatic hydroxyl groups is 2. The first-order chi connectivity index (χ1) is 27.8. The van der Waals surface area contributed by atoms with Crippen LogP contribution in [-0.4, -0.2) is 81.6 Å². The predicted octanol–water partition coefficient (Wildman–Crippen LogP) is 9.64. The second-order valence-electron chi connectivity index (χ2n) is 14.5. The van der Waals surface area contributed by atoms with Gasteiger partial charge in [-0.1, -0.05) is 152 Å². The van der Waals surface area contributed by atoms with E-state index in [4.69, 9.17) is 23.8 Å². The van der Waals surface area contributed by atoms with E-state index in [1.807, 2.05) is 12.2 Å². The molecule has 4 atom stereocenters. The average molecular weight is 867 g/mol. The van der Waals surface area contributed by atoms with E-state index >= 15 is 0 Å². The molecule has 0 saturated carbocycles. The van der Waals surface area contributed by atoms with Crippen LogP contribution in [0.25, 0.3) is 0 Å². The smallest absolute Gasteiger partial charge is 0.462 e. The number of carbonyl (C=O) groups excluding carboxylic acids is 2. The first-order valence-corrected chi connectivity index (χ1v) is 24.5. The van der Waals surface area contributed by atoms with Gasteiger partial charge in [0.15, 0.2) is 6.10 Å². The van der Waals surface area contributed by atoms with Crippen LogP contribution in [0.5, 0.6) is 0 Å². The quantitative estimate of drug-likeness (QED) is 0.0127. The Morgan fingerprint density at radius 3 is 1.71 bits per heavy atom. The van der Waals surface area contributed by atoms with E-state index in [0.717, 1.165) is 38.5 Å². The molecule has 0 saturated heterocycles. The van der Waals surface area contributed by atoms with Crippen LogP contribution in [0.1, 0.15) is 162 Å². The summed E-state index contributed by atoms with van der Waals surface area (Å²) in [6, 6.07) is 0. The lowest BCUT2D eigenvalue weighted by Crippen LogP contribution is -2.30. The number of aliphatic hydroxyl groups excluding tert-OH is 2. The number of hydrogen-bond acceptors (Lipinski definition) is 11. The topological polar surface area (TPSA) is 216 Å². The van der Waals surface area contributed by atoms with Crippen LogP contribution in [0.2, 0.25) is 0 Å². The standard InChI is InChI=1S/C42H76O14P2/c1-3-5-7-9-11-13-15-17-19-21-23-25-27-30-38(43)31-29-33-42(46)56-40(37-55-58(50,51)54-35-39(44)34-53-57(47,48)49)36-52-41(45)32-28-26-24-22-20-18-16-14-12-10-8-6-4-2/h11,13,17,19,23,25,27,30,38-40,43-44H,3-10,12,14-16,18,20-22,24,26,28-29,31-37H2,1-2H3,(H,50,51)(H2,47,48,49)/b13-11-,19-17-,25-23-,30-27+/t38-,39-,40+/m0/s1. The molecule has 0 aromatic heterocycles. The fourth-order valence-electron chi connectivity index (χ4n) is 5.51.